The Bertz CT molecular complexity index is 681. The second-order valence-electron chi connectivity index (χ2n) is 4.49. The van der Waals surface area contributed by atoms with Gasteiger partial charge in [-0.1, -0.05) is 12.1 Å². The third-order valence-electron chi connectivity index (χ3n) is 3.04. The largest absolute Gasteiger partial charge is 0.497 e. The van der Waals surface area contributed by atoms with Crippen molar-refractivity contribution in [2.24, 2.45) is 11.5 Å². The van der Waals surface area contributed by atoms with E-state index >= 15 is 0 Å². The zero-order valence-electron chi connectivity index (χ0n) is 11.5. The first-order valence-corrected chi connectivity index (χ1v) is 6.22. The van der Waals surface area contributed by atoms with Crippen LogP contribution in [0.15, 0.2) is 36.5 Å². The summed E-state index contributed by atoms with van der Waals surface area (Å²) in [5.41, 5.74) is 12.4. The molecule has 0 radical (unpaired) electrons. The number of hydrogen-bond donors (Lipinski definition) is 2. The molecule has 0 saturated carbocycles. The molecule has 6 nitrogen and oxygen atoms in total. The number of ether oxygens (including phenoxy) is 1. The molecule has 21 heavy (non-hydrogen) atoms. The van der Waals surface area contributed by atoms with Gasteiger partial charge in [-0.25, -0.2) is 4.98 Å². The van der Waals surface area contributed by atoms with E-state index in [1.165, 1.54) is 6.20 Å². The van der Waals surface area contributed by atoms with Crippen molar-refractivity contribution in [3.8, 4) is 5.75 Å². The summed E-state index contributed by atoms with van der Waals surface area (Å²) in [6.45, 7) is 0. The van der Waals surface area contributed by atoms with Gasteiger partial charge in [-0.15, -0.1) is 0 Å². The Balaban J connectivity index is 2.37. The highest BCUT2D eigenvalue weighted by molar-refractivity contribution is 5.96. The summed E-state index contributed by atoms with van der Waals surface area (Å²) in [5.74, 6) is -0.512. The van der Waals surface area contributed by atoms with Crippen LogP contribution < -0.4 is 16.2 Å². The predicted octanol–water partition coefficient (Wildman–Crippen LogP) is 0.879. The molecule has 6 heteroatoms. The molecule has 1 heterocycles. The number of primary amides is 2. The fraction of sp³-hybridized carbons (Fsp3) is 0.133. The summed E-state index contributed by atoms with van der Waals surface area (Å²) < 4.78 is 5.08. The van der Waals surface area contributed by atoms with Gasteiger partial charge in [0.2, 0.25) is 5.91 Å². The molecule has 2 aromatic rings. The molecule has 0 saturated heterocycles. The smallest absolute Gasteiger partial charge is 0.267 e. The van der Waals surface area contributed by atoms with Gasteiger partial charge in [0.15, 0.2) is 0 Å². The number of nitrogens with zero attached hydrogens (tertiary/aromatic N) is 1. The molecule has 0 fully saturated rings. The van der Waals surface area contributed by atoms with Crippen molar-refractivity contribution < 1.29 is 14.3 Å². The van der Waals surface area contributed by atoms with Gasteiger partial charge < -0.3 is 16.2 Å². The molecule has 108 valence electrons. The van der Waals surface area contributed by atoms with Crippen LogP contribution in [0, 0.1) is 0 Å². The summed E-state index contributed by atoms with van der Waals surface area (Å²) in [6.07, 6.45) is 1.66. The first-order valence-electron chi connectivity index (χ1n) is 6.22. The molecule has 4 N–H and O–H groups in total. The normalized spacial score (nSPS) is 10.1. The zero-order chi connectivity index (χ0) is 15.4. The standard InChI is InChI=1S/C15H15N3O3/c1-21-12-4-2-9(3-5-12)6-10-7-11(14(16)19)8-18-13(10)15(17)20/h2-5,7-8H,6H2,1H3,(H2,16,19)(H2,17,20). The maximum Gasteiger partial charge on any atom is 0.267 e. The second-order valence-corrected chi connectivity index (χ2v) is 4.49. The zero-order valence-corrected chi connectivity index (χ0v) is 11.5. The van der Waals surface area contributed by atoms with E-state index in [9.17, 15) is 9.59 Å². The van der Waals surface area contributed by atoms with Crippen LogP contribution >= 0.6 is 0 Å². The maximum absolute atomic E-state index is 11.4. The Hall–Kier alpha value is -2.89. The minimum absolute atomic E-state index is 0.135. The van der Waals surface area contributed by atoms with E-state index in [4.69, 9.17) is 16.2 Å². The van der Waals surface area contributed by atoms with Crippen molar-refractivity contribution in [1.82, 2.24) is 4.98 Å². The molecule has 0 aliphatic carbocycles. The molecular weight excluding hydrogens is 270 g/mol. The lowest BCUT2D eigenvalue weighted by atomic mass is 10.0. The molecule has 2 amide bonds. The number of pyridine rings is 1. The molecular formula is C15H15N3O3. The van der Waals surface area contributed by atoms with E-state index < -0.39 is 11.8 Å². The van der Waals surface area contributed by atoms with Crippen LogP contribution in [-0.2, 0) is 6.42 Å². The topological polar surface area (TPSA) is 108 Å². The lowest BCUT2D eigenvalue weighted by molar-refractivity contribution is 0.0983. The lowest BCUT2D eigenvalue weighted by Crippen LogP contribution is -2.19. The van der Waals surface area contributed by atoms with Crippen LogP contribution in [0.3, 0.4) is 0 Å². The highest BCUT2D eigenvalue weighted by Gasteiger charge is 2.13. The number of aromatic nitrogens is 1. The van der Waals surface area contributed by atoms with Gasteiger partial charge >= 0.3 is 0 Å². The van der Waals surface area contributed by atoms with Crippen LogP contribution in [0.1, 0.15) is 32.0 Å². The number of carbonyl (C=O) groups excluding carboxylic acids is 2. The fourth-order valence-corrected chi connectivity index (χ4v) is 1.97. The molecule has 0 aliphatic heterocycles. The van der Waals surface area contributed by atoms with Gasteiger partial charge in [-0.2, -0.15) is 0 Å². The van der Waals surface area contributed by atoms with Crippen molar-refractivity contribution in [2.75, 3.05) is 7.11 Å². The first-order chi connectivity index (χ1) is 10.0. The number of methoxy groups -OCH3 is 1. The number of benzene rings is 1. The molecule has 0 unspecified atom stereocenters. The van der Waals surface area contributed by atoms with Crippen LogP contribution in [-0.4, -0.2) is 23.9 Å². The molecule has 0 bridgehead atoms. The minimum Gasteiger partial charge on any atom is -0.497 e. The molecule has 0 spiro atoms. The fourth-order valence-electron chi connectivity index (χ4n) is 1.97. The number of hydrogen-bond acceptors (Lipinski definition) is 4. The Morgan fingerprint density at radius 1 is 1.14 bits per heavy atom. The summed E-state index contributed by atoms with van der Waals surface area (Å²) in [4.78, 5) is 26.6. The van der Waals surface area contributed by atoms with E-state index in [1.54, 1.807) is 13.2 Å². The van der Waals surface area contributed by atoms with Gasteiger partial charge in [0.1, 0.15) is 11.4 Å². The number of nitrogens with two attached hydrogens (primary N) is 2. The van der Waals surface area contributed by atoms with Crippen LogP contribution in [0.2, 0.25) is 0 Å². The third kappa shape index (κ3) is 3.36. The Kier molecular flexibility index (Phi) is 4.18. The summed E-state index contributed by atoms with van der Waals surface area (Å²) in [6, 6.07) is 8.88. The SMILES string of the molecule is COc1ccc(Cc2cc(C(N)=O)cnc2C(N)=O)cc1. The average molecular weight is 285 g/mol. The van der Waals surface area contributed by atoms with Gasteiger partial charge in [-0.3, -0.25) is 9.59 Å². The van der Waals surface area contributed by atoms with Gasteiger partial charge in [0, 0.05) is 6.20 Å². The van der Waals surface area contributed by atoms with E-state index in [1.807, 2.05) is 24.3 Å². The predicted molar refractivity (Wildman–Crippen MR) is 77.1 cm³/mol. The summed E-state index contributed by atoms with van der Waals surface area (Å²) >= 11 is 0. The van der Waals surface area contributed by atoms with Crippen molar-refractivity contribution in [3.05, 3.63) is 58.9 Å². The third-order valence-corrected chi connectivity index (χ3v) is 3.04. The highest BCUT2D eigenvalue weighted by atomic mass is 16.5. The lowest BCUT2D eigenvalue weighted by Gasteiger charge is -2.08. The van der Waals surface area contributed by atoms with Crippen LogP contribution in [0.4, 0.5) is 0 Å². The van der Waals surface area contributed by atoms with E-state index in [0.29, 0.717) is 12.0 Å². The van der Waals surface area contributed by atoms with Gasteiger partial charge in [-0.05, 0) is 35.7 Å². The number of amides is 2. The quantitative estimate of drug-likeness (QED) is 0.849. The van der Waals surface area contributed by atoms with Crippen molar-refractivity contribution in [2.45, 2.75) is 6.42 Å². The monoisotopic (exact) mass is 285 g/mol. The van der Waals surface area contributed by atoms with Gasteiger partial charge in [0.05, 0.1) is 12.7 Å². The molecule has 1 aromatic carbocycles. The number of rotatable bonds is 5. The average Bonchev–Trinajstić information content (AvgIpc) is 2.47. The molecule has 0 aliphatic rings. The van der Waals surface area contributed by atoms with Gasteiger partial charge in [0.25, 0.3) is 5.91 Å². The van der Waals surface area contributed by atoms with Crippen molar-refractivity contribution in [1.29, 1.82) is 0 Å². The minimum atomic E-state index is -0.644. The van der Waals surface area contributed by atoms with E-state index in [-0.39, 0.29) is 11.3 Å². The van der Waals surface area contributed by atoms with Crippen molar-refractivity contribution >= 4 is 11.8 Å². The Labute approximate surface area is 121 Å². The highest BCUT2D eigenvalue weighted by Crippen LogP contribution is 2.17. The second kappa shape index (κ2) is 6.04. The Morgan fingerprint density at radius 3 is 2.33 bits per heavy atom. The maximum atomic E-state index is 11.4. The summed E-state index contributed by atoms with van der Waals surface area (Å²) in [7, 11) is 1.58. The van der Waals surface area contributed by atoms with Crippen LogP contribution in [0.25, 0.3) is 0 Å². The Morgan fingerprint density at radius 2 is 1.81 bits per heavy atom. The van der Waals surface area contributed by atoms with E-state index in [2.05, 4.69) is 4.98 Å². The number of carbonyl (C=O) groups is 2. The first kappa shape index (κ1) is 14.5. The summed E-state index contributed by atoms with van der Waals surface area (Å²) in [5, 5.41) is 0. The van der Waals surface area contributed by atoms with E-state index in [0.717, 1.165) is 11.3 Å². The molecule has 1 aromatic heterocycles. The van der Waals surface area contributed by atoms with Crippen molar-refractivity contribution in [3.63, 3.8) is 0 Å². The molecule has 0 atom stereocenters. The van der Waals surface area contributed by atoms with Crippen LogP contribution in [0.5, 0.6) is 5.75 Å². The molecule has 2 rings (SSSR count).